The van der Waals surface area contributed by atoms with E-state index in [0.717, 1.165) is 5.56 Å². The molecule has 8 heteroatoms. The number of rotatable bonds is 6. The largest absolute Gasteiger partial charge is 0.350 e. The van der Waals surface area contributed by atoms with E-state index < -0.39 is 10.2 Å². The number of nitrogens with zero attached hydrogens (tertiary/aromatic N) is 2. The summed E-state index contributed by atoms with van der Waals surface area (Å²) in [6, 6.07) is 11.1. The summed E-state index contributed by atoms with van der Waals surface area (Å²) in [5.74, 6) is 0.119. The van der Waals surface area contributed by atoms with Gasteiger partial charge >= 0.3 is 0 Å². The van der Waals surface area contributed by atoms with Crippen molar-refractivity contribution >= 4 is 52.3 Å². The highest BCUT2D eigenvalue weighted by Crippen LogP contribution is 2.25. The molecular formula is C18H17Cl4N3O. The number of hydrogen-bond donors (Lipinski definition) is 1. The van der Waals surface area contributed by atoms with Crippen LogP contribution in [0.3, 0.4) is 0 Å². The topological polar surface area (TPSA) is 54.9 Å². The van der Waals surface area contributed by atoms with Crippen LogP contribution in [0.15, 0.2) is 61.7 Å². The minimum absolute atomic E-state index is 0.221. The molecule has 0 aliphatic carbocycles. The maximum Gasteiger partial charge on any atom is 0.257 e. The van der Waals surface area contributed by atoms with Crippen LogP contribution in [0.1, 0.15) is 6.42 Å². The van der Waals surface area contributed by atoms with Gasteiger partial charge in [0.25, 0.3) is 5.91 Å². The number of nitrogens with one attached hydrogen (secondary N) is 1. The number of carbonyl (C=O) groups is 1. The van der Waals surface area contributed by atoms with Crippen LogP contribution in [-0.4, -0.2) is 26.8 Å². The fourth-order valence-electron chi connectivity index (χ4n) is 1.67. The number of aromatic nitrogens is 2. The van der Waals surface area contributed by atoms with Gasteiger partial charge in [0.2, 0.25) is 0 Å². The molecule has 4 nitrogen and oxygen atoms in total. The number of halogens is 4. The Balaban J connectivity index is 0.000000265. The van der Waals surface area contributed by atoms with Gasteiger partial charge in [0.15, 0.2) is 10.2 Å². The molecule has 0 radical (unpaired) electrons. The van der Waals surface area contributed by atoms with Crippen molar-refractivity contribution in [3.63, 3.8) is 0 Å². The van der Waals surface area contributed by atoms with Crippen LogP contribution in [0.5, 0.6) is 0 Å². The molecule has 0 aliphatic heterocycles. The SMILES string of the molecule is C=CCNC(=O)C(Cl)(Cl)CC=C.Clc1cc(Cl)nc(-c2ccccc2)n1. The predicted molar refractivity (Wildman–Crippen MR) is 110 cm³/mol. The van der Waals surface area contributed by atoms with Crippen molar-refractivity contribution in [1.82, 2.24) is 15.3 Å². The molecule has 0 bridgehead atoms. The van der Waals surface area contributed by atoms with Crippen LogP contribution < -0.4 is 5.32 Å². The van der Waals surface area contributed by atoms with Gasteiger partial charge in [-0.2, -0.15) is 0 Å². The molecule has 2 rings (SSSR count). The molecule has 2 aromatic rings. The Bertz CT molecular complexity index is 731. The summed E-state index contributed by atoms with van der Waals surface area (Å²) in [5.41, 5.74) is 0.900. The van der Waals surface area contributed by atoms with E-state index in [1.54, 1.807) is 6.08 Å². The highest BCUT2D eigenvalue weighted by atomic mass is 35.5. The zero-order valence-electron chi connectivity index (χ0n) is 13.8. The molecular weight excluding hydrogens is 416 g/mol. The van der Waals surface area contributed by atoms with Crippen molar-refractivity contribution in [2.75, 3.05) is 6.54 Å². The number of alkyl halides is 2. The summed E-state index contributed by atoms with van der Waals surface area (Å²) in [6.07, 6.45) is 3.27. The van der Waals surface area contributed by atoms with Gasteiger partial charge in [-0.3, -0.25) is 4.79 Å². The molecule has 0 fully saturated rings. The average molecular weight is 433 g/mol. The van der Waals surface area contributed by atoms with Gasteiger partial charge in [0.05, 0.1) is 0 Å². The lowest BCUT2D eigenvalue weighted by Gasteiger charge is -2.15. The van der Waals surface area contributed by atoms with Crippen molar-refractivity contribution < 1.29 is 4.79 Å². The first-order valence-electron chi connectivity index (χ1n) is 7.43. The maximum absolute atomic E-state index is 11.1. The van der Waals surface area contributed by atoms with Crippen molar-refractivity contribution in [2.45, 2.75) is 10.8 Å². The van der Waals surface area contributed by atoms with E-state index in [4.69, 9.17) is 46.4 Å². The van der Waals surface area contributed by atoms with Gasteiger partial charge in [-0.25, -0.2) is 9.97 Å². The number of allylic oxidation sites excluding steroid dienone is 1. The summed E-state index contributed by atoms with van der Waals surface area (Å²) in [4.78, 5) is 19.3. The van der Waals surface area contributed by atoms with Crippen LogP contribution in [0.25, 0.3) is 11.4 Å². The zero-order chi connectivity index (χ0) is 19.6. The molecule has 0 aliphatic rings. The fourth-order valence-corrected chi connectivity index (χ4v) is 2.45. The van der Waals surface area contributed by atoms with E-state index in [-0.39, 0.29) is 6.42 Å². The molecule has 0 atom stereocenters. The number of hydrogen-bond acceptors (Lipinski definition) is 3. The minimum Gasteiger partial charge on any atom is -0.350 e. The molecule has 0 saturated carbocycles. The molecule has 1 aromatic heterocycles. The van der Waals surface area contributed by atoms with E-state index in [9.17, 15) is 4.79 Å². The number of amides is 1. The summed E-state index contributed by atoms with van der Waals surface area (Å²) in [5, 5.41) is 3.19. The number of benzene rings is 1. The first-order chi connectivity index (χ1) is 12.3. The summed E-state index contributed by atoms with van der Waals surface area (Å²) >= 11 is 22.9. The van der Waals surface area contributed by atoms with Gasteiger partial charge in [0, 0.05) is 24.6 Å². The summed E-state index contributed by atoms with van der Waals surface area (Å²) in [7, 11) is 0. The molecule has 0 unspecified atom stereocenters. The molecule has 0 saturated heterocycles. The Morgan fingerprint density at radius 1 is 1.08 bits per heavy atom. The molecule has 1 N–H and O–H groups in total. The van der Waals surface area contributed by atoms with Gasteiger partial charge in [-0.15, -0.1) is 13.2 Å². The van der Waals surface area contributed by atoms with Crippen LogP contribution in [-0.2, 0) is 4.79 Å². The van der Waals surface area contributed by atoms with Gasteiger partial charge < -0.3 is 5.32 Å². The molecule has 1 aromatic carbocycles. The molecule has 138 valence electrons. The second kappa shape index (κ2) is 11.2. The van der Waals surface area contributed by atoms with Crippen LogP contribution >= 0.6 is 46.4 Å². The van der Waals surface area contributed by atoms with Crippen LogP contribution in [0.2, 0.25) is 10.3 Å². The highest BCUT2D eigenvalue weighted by Gasteiger charge is 2.31. The highest BCUT2D eigenvalue weighted by molar-refractivity contribution is 6.58. The maximum atomic E-state index is 11.1. The summed E-state index contributed by atoms with van der Waals surface area (Å²) in [6.45, 7) is 7.24. The van der Waals surface area contributed by atoms with E-state index in [1.165, 1.54) is 12.1 Å². The number of carbonyl (C=O) groups excluding carboxylic acids is 1. The van der Waals surface area contributed by atoms with Gasteiger partial charge in [0.1, 0.15) is 10.3 Å². The average Bonchev–Trinajstić information content (AvgIpc) is 2.60. The Kier molecular flexibility index (Phi) is 9.66. The monoisotopic (exact) mass is 431 g/mol. The third kappa shape index (κ3) is 7.75. The lowest BCUT2D eigenvalue weighted by molar-refractivity contribution is -0.121. The van der Waals surface area contributed by atoms with Crippen molar-refractivity contribution in [1.29, 1.82) is 0 Å². The van der Waals surface area contributed by atoms with Crippen molar-refractivity contribution in [3.05, 3.63) is 72.0 Å². The molecule has 1 heterocycles. The van der Waals surface area contributed by atoms with Crippen LogP contribution in [0, 0.1) is 0 Å². The Morgan fingerprint density at radius 3 is 2.15 bits per heavy atom. The third-order valence-corrected chi connectivity index (χ3v) is 3.87. The van der Waals surface area contributed by atoms with Crippen molar-refractivity contribution in [3.8, 4) is 11.4 Å². The van der Waals surface area contributed by atoms with Crippen LogP contribution in [0.4, 0.5) is 0 Å². The minimum atomic E-state index is -1.41. The lowest BCUT2D eigenvalue weighted by Crippen LogP contribution is -2.38. The second-order valence-corrected chi connectivity index (χ2v) is 7.16. The van der Waals surface area contributed by atoms with E-state index in [0.29, 0.717) is 22.7 Å². The second-order valence-electron chi connectivity index (χ2n) is 4.90. The Morgan fingerprint density at radius 2 is 1.65 bits per heavy atom. The Hall–Kier alpha value is -1.59. The Labute approximate surface area is 172 Å². The smallest absolute Gasteiger partial charge is 0.257 e. The fraction of sp³-hybridized carbons (Fsp3) is 0.167. The summed E-state index contributed by atoms with van der Waals surface area (Å²) < 4.78 is -1.41. The first kappa shape index (κ1) is 22.5. The van der Waals surface area contributed by atoms with Crippen molar-refractivity contribution in [2.24, 2.45) is 0 Å². The standard InChI is InChI=1S/C10H6Cl2N2.C8H11Cl2NO/c11-8-6-9(12)14-10(13-8)7-4-2-1-3-5-7;1-3-5-8(9,10)7(12)11-6-4-2/h1-6H;3-4H,1-2,5-6H2,(H,11,12). The van der Waals surface area contributed by atoms with E-state index in [2.05, 4.69) is 28.4 Å². The zero-order valence-corrected chi connectivity index (χ0v) is 16.8. The quantitative estimate of drug-likeness (QED) is 0.373. The normalized spacial score (nSPS) is 10.3. The molecule has 0 spiro atoms. The lowest BCUT2D eigenvalue weighted by atomic mass is 10.2. The van der Waals surface area contributed by atoms with Gasteiger partial charge in [-0.1, -0.05) is 88.9 Å². The third-order valence-electron chi connectivity index (χ3n) is 2.84. The van der Waals surface area contributed by atoms with Gasteiger partial charge in [-0.05, 0) is 0 Å². The molecule has 26 heavy (non-hydrogen) atoms. The van der Waals surface area contributed by atoms with E-state index >= 15 is 0 Å². The molecule has 1 amide bonds. The van der Waals surface area contributed by atoms with E-state index in [1.807, 2.05) is 30.3 Å². The first-order valence-corrected chi connectivity index (χ1v) is 8.94. The predicted octanol–water partition coefficient (Wildman–Crippen LogP) is 5.49.